The molecule has 3 aromatic carbocycles. The Bertz CT molecular complexity index is 1170. The lowest BCUT2D eigenvalue weighted by molar-refractivity contribution is -0.154. The van der Waals surface area contributed by atoms with Gasteiger partial charge in [-0.05, 0) is 61.0 Å². The van der Waals surface area contributed by atoms with Crippen LogP contribution in [0.1, 0.15) is 34.8 Å². The quantitative estimate of drug-likeness (QED) is 0.158. The van der Waals surface area contributed by atoms with Gasteiger partial charge in [0.25, 0.3) is 0 Å². The molecule has 0 radical (unpaired) electrons. The number of esters is 1. The van der Waals surface area contributed by atoms with Gasteiger partial charge in [-0.1, -0.05) is 12.1 Å². The third-order valence-electron chi connectivity index (χ3n) is 5.77. The number of hydrogen-bond donors (Lipinski definition) is 0. The average molecular weight is 523 g/mol. The van der Waals surface area contributed by atoms with Crippen LogP contribution in [0.4, 0.5) is 0 Å². The van der Waals surface area contributed by atoms with E-state index in [1.165, 1.54) is 14.2 Å². The first kappa shape index (κ1) is 28.5. The van der Waals surface area contributed by atoms with Gasteiger partial charge < -0.3 is 28.4 Å². The van der Waals surface area contributed by atoms with Gasteiger partial charge in [-0.2, -0.15) is 0 Å². The molecule has 0 saturated heterocycles. The Morgan fingerprint density at radius 1 is 0.763 bits per heavy atom. The van der Waals surface area contributed by atoms with E-state index in [9.17, 15) is 9.59 Å². The summed E-state index contributed by atoms with van der Waals surface area (Å²) < 4.78 is 32.4. The van der Waals surface area contributed by atoms with Crippen LogP contribution in [0, 0.1) is 0 Å². The predicted molar refractivity (Wildman–Crippen MR) is 143 cm³/mol. The number of ether oxygens (including phenoxy) is 6. The van der Waals surface area contributed by atoms with Gasteiger partial charge in [-0.25, -0.2) is 4.79 Å². The van der Waals surface area contributed by atoms with Crippen molar-refractivity contribution in [3.8, 4) is 23.0 Å². The first-order chi connectivity index (χ1) is 18.5. The molecule has 0 aliphatic carbocycles. The molecule has 38 heavy (non-hydrogen) atoms. The minimum absolute atomic E-state index is 0.144. The number of methoxy groups -OCH3 is 3. The lowest BCUT2D eigenvalue weighted by atomic mass is 10.0. The van der Waals surface area contributed by atoms with Gasteiger partial charge in [0.05, 0.1) is 39.6 Å². The van der Waals surface area contributed by atoms with Crippen molar-refractivity contribution >= 4 is 11.8 Å². The van der Waals surface area contributed by atoms with E-state index in [1.54, 1.807) is 56.5 Å². The largest absolute Gasteiger partial charge is 0.497 e. The molecular weight excluding hydrogens is 488 g/mol. The van der Waals surface area contributed by atoms with E-state index in [0.29, 0.717) is 61.0 Å². The molecule has 3 aromatic rings. The fraction of sp³-hybridized carbons (Fsp3) is 0.333. The Balaban J connectivity index is 1.42. The normalized spacial score (nSPS) is 11.4. The summed E-state index contributed by atoms with van der Waals surface area (Å²) in [4.78, 5) is 24.8. The van der Waals surface area contributed by atoms with Gasteiger partial charge in [-0.3, -0.25) is 4.79 Å². The molecule has 3 rings (SSSR count). The highest BCUT2D eigenvalue weighted by atomic mass is 16.6. The van der Waals surface area contributed by atoms with E-state index in [2.05, 4.69) is 0 Å². The van der Waals surface area contributed by atoms with Crippen LogP contribution in [0.15, 0.2) is 66.7 Å². The van der Waals surface area contributed by atoms with E-state index in [0.717, 1.165) is 11.3 Å². The molecule has 1 atom stereocenters. The standard InChI is InChI=1S/C30H34O8/c1-5-36-30(32)28(35-4)19-21-7-11-23(12-8-21)37-17-6-18-38-24-13-9-22(10-14-24)29(31)26-16-15-25(33-2)20-27(26)34-3/h7-16,20,28H,5-6,17-19H2,1-4H3. The van der Waals surface area contributed by atoms with Crippen molar-refractivity contribution in [3.05, 3.63) is 83.4 Å². The maximum absolute atomic E-state index is 12.9. The number of ketones is 1. The van der Waals surface area contributed by atoms with E-state index in [4.69, 9.17) is 28.4 Å². The second kappa shape index (κ2) is 14.6. The van der Waals surface area contributed by atoms with Gasteiger partial charge in [-0.15, -0.1) is 0 Å². The first-order valence-electron chi connectivity index (χ1n) is 12.4. The van der Waals surface area contributed by atoms with Crippen LogP contribution >= 0.6 is 0 Å². The number of benzene rings is 3. The zero-order chi connectivity index (χ0) is 27.3. The summed E-state index contributed by atoms with van der Waals surface area (Å²) in [6, 6.07) is 19.6. The van der Waals surface area contributed by atoms with Crippen LogP contribution < -0.4 is 18.9 Å². The highest BCUT2D eigenvalue weighted by Crippen LogP contribution is 2.27. The highest BCUT2D eigenvalue weighted by molar-refractivity contribution is 6.10. The average Bonchev–Trinajstić information content (AvgIpc) is 2.96. The van der Waals surface area contributed by atoms with E-state index in [-0.39, 0.29) is 11.8 Å². The number of carbonyl (C=O) groups is 2. The van der Waals surface area contributed by atoms with Gasteiger partial charge in [0.2, 0.25) is 0 Å². The lowest BCUT2D eigenvalue weighted by Crippen LogP contribution is -2.27. The van der Waals surface area contributed by atoms with Crippen LogP contribution in [-0.2, 0) is 20.7 Å². The Labute approximate surface area is 223 Å². The summed E-state index contributed by atoms with van der Waals surface area (Å²) in [6.45, 7) is 3.03. The molecule has 8 heteroatoms. The van der Waals surface area contributed by atoms with Crippen LogP contribution in [0.5, 0.6) is 23.0 Å². The maximum Gasteiger partial charge on any atom is 0.335 e. The first-order valence-corrected chi connectivity index (χ1v) is 12.4. The van der Waals surface area contributed by atoms with Gasteiger partial charge in [0, 0.05) is 31.6 Å². The minimum atomic E-state index is -0.628. The van der Waals surface area contributed by atoms with Gasteiger partial charge in [0.15, 0.2) is 11.9 Å². The van der Waals surface area contributed by atoms with Crippen LogP contribution in [0.2, 0.25) is 0 Å². The predicted octanol–water partition coefficient (Wildman–Crippen LogP) is 4.90. The van der Waals surface area contributed by atoms with Crippen LogP contribution in [0.3, 0.4) is 0 Å². The summed E-state index contributed by atoms with van der Waals surface area (Å²) in [7, 11) is 4.58. The molecular formula is C30H34O8. The van der Waals surface area contributed by atoms with E-state index >= 15 is 0 Å². The number of hydrogen-bond acceptors (Lipinski definition) is 8. The van der Waals surface area contributed by atoms with Crippen molar-refractivity contribution in [2.24, 2.45) is 0 Å². The summed E-state index contributed by atoms with van der Waals surface area (Å²) in [6.07, 6.45) is 0.484. The van der Waals surface area contributed by atoms with Crippen LogP contribution in [-0.4, -0.2) is 59.0 Å². The highest BCUT2D eigenvalue weighted by Gasteiger charge is 2.19. The van der Waals surface area contributed by atoms with Crippen molar-refractivity contribution in [1.82, 2.24) is 0 Å². The van der Waals surface area contributed by atoms with Crippen molar-refractivity contribution < 1.29 is 38.0 Å². The van der Waals surface area contributed by atoms with E-state index < -0.39 is 6.10 Å². The fourth-order valence-electron chi connectivity index (χ4n) is 3.72. The molecule has 0 heterocycles. The van der Waals surface area contributed by atoms with Crippen molar-refractivity contribution in [1.29, 1.82) is 0 Å². The summed E-state index contributed by atoms with van der Waals surface area (Å²) in [5, 5.41) is 0. The van der Waals surface area contributed by atoms with Gasteiger partial charge in [0.1, 0.15) is 23.0 Å². The molecule has 0 bridgehead atoms. The smallest absolute Gasteiger partial charge is 0.335 e. The Morgan fingerprint density at radius 3 is 1.92 bits per heavy atom. The second-order valence-electron chi connectivity index (χ2n) is 8.29. The van der Waals surface area contributed by atoms with Gasteiger partial charge >= 0.3 is 5.97 Å². The molecule has 0 N–H and O–H groups in total. The molecule has 0 amide bonds. The molecule has 1 unspecified atom stereocenters. The number of rotatable bonds is 15. The molecule has 8 nitrogen and oxygen atoms in total. The molecule has 202 valence electrons. The topological polar surface area (TPSA) is 89.5 Å². The second-order valence-corrected chi connectivity index (χ2v) is 8.29. The molecule has 0 aromatic heterocycles. The molecule has 0 fully saturated rings. The Morgan fingerprint density at radius 2 is 1.37 bits per heavy atom. The molecule has 0 saturated carbocycles. The Kier molecular flexibility index (Phi) is 11.0. The maximum atomic E-state index is 12.9. The fourth-order valence-corrected chi connectivity index (χ4v) is 3.72. The van der Waals surface area contributed by atoms with Crippen LogP contribution in [0.25, 0.3) is 0 Å². The number of carbonyl (C=O) groups excluding carboxylic acids is 2. The monoisotopic (exact) mass is 522 g/mol. The molecule has 0 aliphatic heterocycles. The minimum Gasteiger partial charge on any atom is -0.497 e. The van der Waals surface area contributed by atoms with Crippen molar-refractivity contribution in [2.45, 2.75) is 25.9 Å². The van der Waals surface area contributed by atoms with Crippen molar-refractivity contribution in [3.63, 3.8) is 0 Å². The Hall–Kier alpha value is -4.04. The zero-order valence-electron chi connectivity index (χ0n) is 22.2. The third-order valence-corrected chi connectivity index (χ3v) is 5.77. The zero-order valence-corrected chi connectivity index (χ0v) is 22.2. The third kappa shape index (κ3) is 7.98. The van der Waals surface area contributed by atoms with E-state index in [1.807, 2.05) is 24.3 Å². The van der Waals surface area contributed by atoms with Crippen molar-refractivity contribution in [2.75, 3.05) is 41.2 Å². The summed E-state index contributed by atoms with van der Waals surface area (Å²) in [5.74, 6) is 1.97. The summed E-state index contributed by atoms with van der Waals surface area (Å²) in [5.41, 5.74) is 1.95. The summed E-state index contributed by atoms with van der Waals surface area (Å²) >= 11 is 0. The molecule has 0 aliphatic rings. The molecule has 0 spiro atoms. The lowest BCUT2D eigenvalue weighted by Gasteiger charge is -2.14. The SMILES string of the molecule is CCOC(=O)C(Cc1ccc(OCCCOc2ccc(C(=O)c3ccc(OC)cc3OC)cc2)cc1)OC.